The number of hydrogen-bond acceptors (Lipinski definition) is 3. The van der Waals surface area contributed by atoms with Crippen LogP contribution in [0.25, 0.3) is 0 Å². The first-order chi connectivity index (χ1) is 5.74. The van der Waals surface area contributed by atoms with E-state index in [1.807, 2.05) is 0 Å². The first-order valence-corrected chi connectivity index (χ1v) is 4.37. The molecule has 2 amide bonds. The van der Waals surface area contributed by atoms with E-state index < -0.39 is 6.04 Å². The number of carbonyl (C=O) groups is 2. The van der Waals surface area contributed by atoms with Gasteiger partial charge in [-0.2, -0.15) is 0 Å². The Morgan fingerprint density at radius 2 is 2.67 bits per heavy atom. The van der Waals surface area contributed by atoms with E-state index in [1.165, 1.54) is 0 Å². The lowest BCUT2D eigenvalue weighted by molar-refractivity contribution is -0.122. The Bertz CT molecular complexity index is 246. The van der Waals surface area contributed by atoms with Crippen molar-refractivity contribution in [2.75, 3.05) is 12.3 Å². The highest BCUT2D eigenvalue weighted by Crippen LogP contribution is 2.12. The van der Waals surface area contributed by atoms with Crippen molar-refractivity contribution in [3.05, 3.63) is 0 Å². The maximum Gasteiger partial charge on any atom is 0.279 e. The molecule has 2 N–H and O–H groups in total. The molecule has 0 aromatic carbocycles. The second-order valence-electron chi connectivity index (χ2n) is 2.22. The van der Waals surface area contributed by atoms with E-state index in [0.29, 0.717) is 5.75 Å². The zero-order valence-electron chi connectivity index (χ0n) is 6.29. The van der Waals surface area contributed by atoms with E-state index in [-0.39, 0.29) is 17.7 Å². The highest BCUT2D eigenvalue weighted by atomic mass is 32.2. The third-order valence-corrected chi connectivity index (χ3v) is 2.23. The van der Waals surface area contributed by atoms with E-state index in [0.717, 1.165) is 11.8 Å². The molecule has 1 aliphatic heterocycles. The Kier molecular flexibility index (Phi) is 3.00. The van der Waals surface area contributed by atoms with Crippen LogP contribution in [0.3, 0.4) is 0 Å². The summed E-state index contributed by atoms with van der Waals surface area (Å²) in [6.07, 6.45) is 4.95. The van der Waals surface area contributed by atoms with Gasteiger partial charge >= 0.3 is 0 Å². The summed E-state index contributed by atoms with van der Waals surface area (Å²) in [5.41, 5.74) is 0. The van der Waals surface area contributed by atoms with Crippen LogP contribution < -0.4 is 10.6 Å². The van der Waals surface area contributed by atoms with Crippen molar-refractivity contribution in [1.29, 1.82) is 0 Å². The van der Waals surface area contributed by atoms with Gasteiger partial charge in [0, 0.05) is 5.75 Å². The monoisotopic (exact) mass is 184 g/mol. The fourth-order valence-electron chi connectivity index (χ4n) is 0.787. The smallest absolute Gasteiger partial charge is 0.279 e. The van der Waals surface area contributed by atoms with Crippen molar-refractivity contribution in [2.45, 2.75) is 6.04 Å². The molecule has 0 bridgehead atoms. The van der Waals surface area contributed by atoms with Gasteiger partial charge in [0.2, 0.25) is 5.91 Å². The Morgan fingerprint density at radius 3 is 3.17 bits per heavy atom. The summed E-state index contributed by atoms with van der Waals surface area (Å²) in [6.45, 7) is 0.204. The molecule has 1 heterocycles. The van der Waals surface area contributed by atoms with E-state index in [4.69, 9.17) is 6.42 Å². The summed E-state index contributed by atoms with van der Waals surface area (Å²) in [6, 6.07) is -0.421. The molecule has 1 fully saturated rings. The minimum absolute atomic E-state index is 0.157. The predicted molar refractivity (Wildman–Crippen MR) is 46.6 cm³/mol. The average molecular weight is 184 g/mol. The summed E-state index contributed by atoms with van der Waals surface area (Å²) < 4.78 is 0. The number of hydrogen-bond donors (Lipinski definition) is 2. The molecule has 1 aliphatic rings. The van der Waals surface area contributed by atoms with Crippen LogP contribution in [0.4, 0.5) is 4.79 Å². The molecule has 0 spiro atoms. The molecular formula is C7H8N2O2S. The Morgan fingerprint density at radius 1 is 1.92 bits per heavy atom. The van der Waals surface area contributed by atoms with Crippen LogP contribution in [0.5, 0.6) is 0 Å². The molecule has 64 valence electrons. The molecule has 4 nitrogen and oxygen atoms in total. The molecule has 12 heavy (non-hydrogen) atoms. The van der Waals surface area contributed by atoms with Crippen molar-refractivity contribution in [3.8, 4) is 12.3 Å². The zero-order valence-corrected chi connectivity index (χ0v) is 7.11. The number of nitrogens with one attached hydrogen (secondary N) is 2. The molecule has 0 saturated carbocycles. The normalized spacial score (nSPS) is 21.2. The fourth-order valence-corrected chi connectivity index (χ4v) is 1.57. The van der Waals surface area contributed by atoms with Crippen LogP contribution in [0.15, 0.2) is 0 Å². The van der Waals surface area contributed by atoms with Crippen LogP contribution in [0.1, 0.15) is 0 Å². The molecule has 1 atom stereocenters. The van der Waals surface area contributed by atoms with Crippen LogP contribution in [0, 0.1) is 12.3 Å². The van der Waals surface area contributed by atoms with Crippen LogP contribution >= 0.6 is 11.8 Å². The van der Waals surface area contributed by atoms with E-state index in [2.05, 4.69) is 16.6 Å². The van der Waals surface area contributed by atoms with Gasteiger partial charge in [0.1, 0.15) is 6.04 Å². The summed E-state index contributed by atoms with van der Waals surface area (Å²) in [7, 11) is 0. The molecule has 0 aliphatic carbocycles. The van der Waals surface area contributed by atoms with Gasteiger partial charge in [-0.1, -0.05) is 17.7 Å². The molecule has 1 rings (SSSR count). The lowest BCUT2D eigenvalue weighted by Gasteiger charge is -2.06. The van der Waals surface area contributed by atoms with Crippen molar-refractivity contribution >= 4 is 22.9 Å². The van der Waals surface area contributed by atoms with Gasteiger partial charge in [-0.15, -0.1) is 6.42 Å². The predicted octanol–water partition coefficient (Wildman–Crippen LogP) is -0.439. The molecule has 1 saturated heterocycles. The van der Waals surface area contributed by atoms with Gasteiger partial charge in [0.05, 0.1) is 6.54 Å². The SMILES string of the molecule is C#CCNC(=O)[C@H]1CSC(=O)N1. The summed E-state index contributed by atoms with van der Waals surface area (Å²) in [5.74, 6) is 2.55. The highest BCUT2D eigenvalue weighted by molar-refractivity contribution is 8.14. The quantitative estimate of drug-likeness (QED) is 0.572. The molecular weight excluding hydrogens is 176 g/mol. The number of terminal acetylenes is 1. The highest BCUT2D eigenvalue weighted by Gasteiger charge is 2.27. The molecule has 0 aromatic heterocycles. The Balaban J connectivity index is 2.34. The molecule has 0 unspecified atom stereocenters. The van der Waals surface area contributed by atoms with Gasteiger partial charge in [-0.3, -0.25) is 9.59 Å². The largest absolute Gasteiger partial charge is 0.343 e. The van der Waals surface area contributed by atoms with E-state index in [1.54, 1.807) is 0 Å². The first kappa shape index (κ1) is 8.94. The number of thioether (sulfide) groups is 1. The maximum absolute atomic E-state index is 11.1. The van der Waals surface area contributed by atoms with E-state index in [9.17, 15) is 9.59 Å². The minimum atomic E-state index is -0.421. The lowest BCUT2D eigenvalue weighted by Crippen LogP contribution is -2.42. The summed E-state index contributed by atoms with van der Waals surface area (Å²) >= 11 is 1.10. The van der Waals surface area contributed by atoms with Crippen LogP contribution in [-0.2, 0) is 4.79 Å². The first-order valence-electron chi connectivity index (χ1n) is 3.38. The number of carbonyl (C=O) groups excluding carboxylic acids is 2. The lowest BCUT2D eigenvalue weighted by atomic mass is 10.3. The van der Waals surface area contributed by atoms with Crippen LogP contribution in [-0.4, -0.2) is 29.5 Å². The topological polar surface area (TPSA) is 58.2 Å². The van der Waals surface area contributed by atoms with Gasteiger partial charge < -0.3 is 10.6 Å². The van der Waals surface area contributed by atoms with E-state index >= 15 is 0 Å². The molecule has 5 heteroatoms. The molecule has 0 aromatic rings. The molecule has 0 radical (unpaired) electrons. The van der Waals surface area contributed by atoms with Gasteiger partial charge in [-0.05, 0) is 0 Å². The minimum Gasteiger partial charge on any atom is -0.343 e. The van der Waals surface area contributed by atoms with Crippen molar-refractivity contribution in [1.82, 2.24) is 10.6 Å². The fraction of sp³-hybridized carbons (Fsp3) is 0.429. The Hall–Kier alpha value is -1.15. The van der Waals surface area contributed by atoms with Gasteiger partial charge in [0.25, 0.3) is 5.24 Å². The zero-order chi connectivity index (χ0) is 8.97. The van der Waals surface area contributed by atoms with Gasteiger partial charge in [0.15, 0.2) is 0 Å². The second-order valence-corrected chi connectivity index (χ2v) is 3.21. The van der Waals surface area contributed by atoms with Crippen molar-refractivity contribution in [2.24, 2.45) is 0 Å². The third kappa shape index (κ3) is 2.17. The maximum atomic E-state index is 11.1. The van der Waals surface area contributed by atoms with Crippen molar-refractivity contribution < 1.29 is 9.59 Å². The second kappa shape index (κ2) is 4.02. The Labute approximate surface area is 74.5 Å². The number of amides is 2. The summed E-state index contributed by atoms with van der Waals surface area (Å²) in [5, 5.41) is 4.84. The standard InChI is InChI=1S/C7H8N2O2S/c1-2-3-8-6(10)5-4-12-7(11)9-5/h1,5H,3-4H2,(H,8,10)(H,9,11)/t5-/m1/s1. The summed E-state index contributed by atoms with van der Waals surface area (Å²) in [4.78, 5) is 21.8. The average Bonchev–Trinajstić information content (AvgIpc) is 2.47. The van der Waals surface area contributed by atoms with Crippen molar-refractivity contribution in [3.63, 3.8) is 0 Å². The third-order valence-electron chi connectivity index (χ3n) is 1.35. The number of rotatable bonds is 2. The van der Waals surface area contributed by atoms with Crippen LogP contribution in [0.2, 0.25) is 0 Å². The van der Waals surface area contributed by atoms with Gasteiger partial charge in [-0.25, -0.2) is 0 Å².